The van der Waals surface area contributed by atoms with Gasteiger partial charge >= 0.3 is 5.00 Å². The summed E-state index contributed by atoms with van der Waals surface area (Å²) in [5.74, 6) is 0. The van der Waals surface area contributed by atoms with E-state index in [1.54, 1.807) is 10.9 Å². The number of aryl methyl sites for hydroxylation is 1. The summed E-state index contributed by atoms with van der Waals surface area (Å²) < 4.78 is 1.80. The SMILES string of the molecule is Cn1nccc1CCNc1ncc([N+](=O)[O-])s1. The van der Waals surface area contributed by atoms with Crippen LogP contribution in [0.25, 0.3) is 0 Å². The van der Waals surface area contributed by atoms with E-state index in [-0.39, 0.29) is 5.00 Å². The third kappa shape index (κ3) is 2.78. The molecule has 1 N–H and O–H groups in total. The lowest BCUT2D eigenvalue weighted by atomic mass is 10.3. The van der Waals surface area contributed by atoms with E-state index < -0.39 is 4.92 Å². The fourth-order valence-electron chi connectivity index (χ4n) is 1.38. The normalized spacial score (nSPS) is 10.4. The number of nitro groups is 1. The molecular weight excluding hydrogens is 242 g/mol. The van der Waals surface area contributed by atoms with Crippen molar-refractivity contribution in [1.82, 2.24) is 14.8 Å². The number of nitrogens with zero attached hydrogens (tertiary/aromatic N) is 4. The summed E-state index contributed by atoms with van der Waals surface area (Å²) in [5, 5.41) is 18.2. The zero-order valence-electron chi connectivity index (χ0n) is 9.16. The Balaban J connectivity index is 1.86. The first-order valence-electron chi connectivity index (χ1n) is 4.98. The number of nitrogens with one attached hydrogen (secondary N) is 1. The van der Waals surface area contributed by atoms with Crippen LogP contribution in [0, 0.1) is 10.1 Å². The molecule has 2 rings (SSSR count). The van der Waals surface area contributed by atoms with E-state index in [0.29, 0.717) is 11.7 Å². The molecule has 0 bridgehead atoms. The van der Waals surface area contributed by atoms with Crippen molar-refractivity contribution in [3.8, 4) is 0 Å². The maximum atomic E-state index is 10.5. The first kappa shape index (κ1) is 11.5. The molecule has 0 atom stereocenters. The summed E-state index contributed by atoms with van der Waals surface area (Å²) in [4.78, 5) is 13.9. The second kappa shape index (κ2) is 4.91. The van der Waals surface area contributed by atoms with Gasteiger partial charge in [-0.3, -0.25) is 14.8 Å². The van der Waals surface area contributed by atoms with E-state index >= 15 is 0 Å². The molecule has 2 aromatic heterocycles. The minimum atomic E-state index is -0.441. The molecule has 0 fully saturated rings. The van der Waals surface area contributed by atoms with Crippen LogP contribution in [-0.4, -0.2) is 26.2 Å². The second-order valence-electron chi connectivity index (χ2n) is 3.38. The fraction of sp³-hybridized carbons (Fsp3) is 0.333. The van der Waals surface area contributed by atoms with Gasteiger partial charge in [0, 0.05) is 31.9 Å². The number of hydrogen-bond donors (Lipinski definition) is 1. The molecule has 90 valence electrons. The molecule has 0 unspecified atom stereocenters. The highest BCUT2D eigenvalue weighted by Crippen LogP contribution is 2.24. The van der Waals surface area contributed by atoms with Crippen LogP contribution in [0.3, 0.4) is 0 Å². The first-order chi connectivity index (χ1) is 8.16. The molecule has 0 saturated carbocycles. The molecule has 0 aliphatic heterocycles. The molecule has 0 aromatic carbocycles. The highest BCUT2D eigenvalue weighted by atomic mass is 32.1. The fourth-order valence-corrected chi connectivity index (χ4v) is 2.03. The van der Waals surface area contributed by atoms with Crippen molar-refractivity contribution in [2.45, 2.75) is 6.42 Å². The first-order valence-corrected chi connectivity index (χ1v) is 5.79. The molecule has 0 saturated heterocycles. The Kier molecular flexibility index (Phi) is 3.33. The molecule has 7 nitrogen and oxygen atoms in total. The number of anilines is 1. The van der Waals surface area contributed by atoms with Crippen LogP contribution >= 0.6 is 11.3 Å². The predicted octanol–water partition coefficient (Wildman–Crippen LogP) is 1.44. The molecule has 0 aliphatic rings. The summed E-state index contributed by atoms with van der Waals surface area (Å²) in [6, 6.07) is 1.94. The lowest BCUT2D eigenvalue weighted by Gasteiger charge is -2.02. The molecule has 0 amide bonds. The van der Waals surface area contributed by atoms with Crippen molar-refractivity contribution < 1.29 is 4.92 Å². The van der Waals surface area contributed by atoms with E-state index in [4.69, 9.17) is 0 Å². The van der Waals surface area contributed by atoms with Crippen molar-refractivity contribution in [3.63, 3.8) is 0 Å². The standard InChI is InChI=1S/C9H11N5O2S/c1-13-7(3-5-12-13)2-4-10-9-11-6-8(17-9)14(15)16/h3,5-6H,2,4H2,1H3,(H,10,11). The van der Waals surface area contributed by atoms with Gasteiger partial charge in [-0.25, -0.2) is 4.98 Å². The van der Waals surface area contributed by atoms with Crippen molar-refractivity contribution in [2.24, 2.45) is 7.05 Å². The van der Waals surface area contributed by atoms with Gasteiger partial charge in [0.25, 0.3) is 0 Å². The van der Waals surface area contributed by atoms with E-state index in [1.807, 2.05) is 13.1 Å². The molecule has 8 heteroatoms. The number of rotatable bonds is 5. The third-order valence-electron chi connectivity index (χ3n) is 2.25. The van der Waals surface area contributed by atoms with Crippen LogP contribution in [0.15, 0.2) is 18.5 Å². The van der Waals surface area contributed by atoms with E-state index in [1.165, 1.54) is 6.20 Å². The summed E-state index contributed by atoms with van der Waals surface area (Å²) >= 11 is 1.04. The van der Waals surface area contributed by atoms with E-state index in [2.05, 4.69) is 15.4 Å². The number of hydrogen-bond acceptors (Lipinski definition) is 6. The topological polar surface area (TPSA) is 85.9 Å². The lowest BCUT2D eigenvalue weighted by molar-refractivity contribution is -0.380. The van der Waals surface area contributed by atoms with Gasteiger partial charge < -0.3 is 5.32 Å². The van der Waals surface area contributed by atoms with Gasteiger partial charge in [-0.2, -0.15) is 5.10 Å². The Bertz CT molecular complexity index is 521. The van der Waals surface area contributed by atoms with Crippen LogP contribution in [0.1, 0.15) is 5.69 Å². The molecule has 2 heterocycles. The van der Waals surface area contributed by atoms with Gasteiger partial charge in [0.1, 0.15) is 6.20 Å². The average Bonchev–Trinajstić information content (AvgIpc) is 2.89. The van der Waals surface area contributed by atoms with Crippen LogP contribution in [-0.2, 0) is 13.5 Å². The van der Waals surface area contributed by atoms with Gasteiger partial charge in [-0.1, -0.05) is 0 Å². The van der Waals surface area contributed by atoms with Crippen molar-refractivity contribution >= 4 is 21.5 Å². The molecule has 0 spiro atoms. The van der Waals surface area contributed by atoms with Gasteiger partial charge in [0.15, 0.2) is 5.13 Å². The van der Waals surface area contributed by atoms with Crippen LogP contribution in [0.5, 0.6) is 0 Å². The summed E-state index contributed by atoms with van der Waals surface area (Å²) in [5.41, 5.74) is 1.10. The summed E-state index contributed by atoms with van der Waals surface area (Å²) in [7, 11) is 1.88. The zero-order valence-corrected chi connectivity index (χ0v) is 9.98. The van der Waals surface area contributed by atoms with Crippen LogP contribution in [0.4, 0.5) is 10.1 Å². The smallest absolute Gasteiger partial charge is 0.345 e. The molecule has 0 radical (unpaired) electrons. The Labute approximate surface area is 101 Å². The zero-order chi connectivity index (χ0) is 12.3. The number of thiazole rings is 1. The Morgan fingerprint density at radius 2 is 2.47 bits per heavy atom. The second-order valence-corrected chi connectivity index (χ2v) is 4.39. The molecule has 0 aliphatic carbocycles. The Hall–Kier alpha value is -1.96. The Morgan fingerprint density at radius 1 is 1.65 bits per heavy atom. The third-order valence-corrected chi connectivity index (χ3v) is 3.16. The van der Waals surface area contributed by atoms with Gasteiger partial charge in [0.2, 0.25) is 0 Å². The lowest BCUT2D eigenvalue weighted by Crippen LogP contribution is -2.07. The van der Waals surface area contributed by atoms with Crippen LogP contribution in [0.2, 0.25) is 0 Å². The molecule has 17 heavy (non-hydrogen) atoms. The summed E-state index contributed by atoms with van der Waals surface area (Å²) in [6.07, 6.45) is 3.80. The maximum Gasteiger partial charge on any atom is 0.345 e. The van der Waals surface area contributed by atoms with Gasteiger partial charge in [-0.15, -0.1) is 0 Å². The largest absolute Gasteiger partial charge is 0.361 e. The molecular formula is C9H11N5O2S. The highest BCUT2D eigenvalue weighted by Gasteiger charge is 2.10. The van der Waals surface area contributed by atoms with Crippen molar-refractivity contribution in [2.75, 3.05) is 11.9 Å². The molecule has 2 aromatic rings. The minimum absolute atomic E-state index is 0.0491. The van der Waals surface area contributed by atoms with Crippen molar-refractivity contribution in [3.05, 3.63) is 34.3 Å². The van der Waals surface area contributed by atoms with Crippen LogP contribution < -0.4 is 5.32 Å². The average molecular weight is 253 g/mol. The Morgan fingerprint density at radius 3 is 3.06 bits per heavy atom. The van der Waals surface area contributed by atoms with Gasteiger partial charge in [0.05, 0.1) is 4.92 Å². The number of aromatic nitrogens is 3. The van der Waals surface area contributed by atoms with Crippen molar-refractivity contribution in [1.29, 1.82) is 0 Å². The predicted molar refractivity (Wildman–Crippen MR) is 64.2 cm³/mol. The van der Waals surface area contributed by atoms with Gasteiger partial charge in [-0.05, 0) is 17.4 Å². The maximum absolute atomic E-state index is 10.5. The van der Waals surface area contributed by atoms with E-state index in [9.17, 15) is 10.1 Å². The highest BCUT2D eigenvalue weighted by molar-refractivity contribution is 7.18. The minimum Gasteiger partial charge on any atom is -0.361 e. The van der Waals surface area contributed by atoms with E-state index in [0.717, 1.165) is 23.5 Å². The quantitative estimate of drug-likeness (QED) is 0.643. The summed E-state index contributed by atoms with van der Waals surface area (Å²) in [6.45, 7) is 0.671. The monoisotopic (exact) mass is 253 g/mol.